The van der Waals surface area contributed by atoms with Crippen molar-refractivity contribution in [2.75, 3.05) is 13.1 Å². The van der Waals surface area contributed by atoms with Crippen LogP contribution in [-0.4, -0.2) is 29.9 Å². The lowest BCUT2D eigenvalue weighted by Crippen LogP contribution is -2.44. The number of hydrogen-bond acceptors (Lipinski definition) is 2. The maximum atomic E-state index is 12.2. The second-order valence-corrected chi connectivity index (χ2v) is 4.87. The van der Waals surface area contributed by atoms with Crippen molar-refractivity contribution in [2.24, 2.45) is 17.6 Å². The Kier molecular flexibility index (Phi) is 4.58. The quantitative estimate of drug-likeness (QED) is 0.727. The first-order valence-corrected chi connectivity index (χ1v) is 6.10. The first-order chi connectivity index (χ1) is 7.10. The smallest absolute Gasteiger partial charge is 0.227 e. The van der Waals surface area contributed by atoms with E-state index in [1.807, 2.05) is 11.8 Å². The molecular weight excluding hydrogens is 188 g/mol. The van der Waals surface area contributed by atoms with Crippen LogP contribution in [0.1, 0.15) is 40.0 Å². The standard InChI is InChI=1S/C12H24N2O/c1-4-11(7-13)12(15)14(9(2)3)8-10-5-6-10/h9-11H,4-8,13H2,1-3H3. The molecule has 1 aliphatic carbocycles. The van der Waals surface area contributed by atoms with Crippen molar-refractivity contribution in [1.82, 2.24) is 4.90 Å². The Morgan fingerprint density at radius 3 is 2.40 bits per heavy atom. The minimum Gasteiger partial charge on any atom is -0.340 e. The van der Waals surface area contributed by atoms with Crippen molar-refractivity contribution in [2.45, 2.75) is 46.1 Å². The summed E-state index contributed by atoms with van der Waals surface area (Å²) in [7, 11) is 0. The lowest BCUT2D eigenvalue weighted by atomic mass is 10.0. The third kappa shape index (κ3) is 3.49. The fourth-order valence-corrected chi connectivity index (χ4v) is 1.81. The lowest BCUT2D eigenvalue weighted by molar-refractivity contribution is -0.137. The van der Waals surface area contributed by atoms with E-state index in [9.17, 15) is 4.79 Å². The molecule has 0 heterocycles. The van der Waals surface area contributed by atoms with Crippen LogP contribution in [-0.2, 0) is 4.79 Å². The minimum atomic E-state index is 0.0196. The molecule has 0 bridgehead atoms. The molecule has 3 nitrogen and oxygen atoms in total. The zero-order valence-corrected chi connectivity index (χ0v) is 10.2. The van der Waals surface area contributed by atoms with Crippen LogP contribution in [0, 0.1) is 11.8 Å². The lowest BCUT2D eigenvalue weighted by Gasteiger charge is -2.30. The Morgan fingerprint density at radius 2 is 2.07 bits per heavy atom. The molecule has 1 unspecified atom stereocenters. The fraction of sp³-hybridized carbons (Fsp3) is 0.917. The van der Waals surface area contributed by atoms with Gasteiger partial charge >= 0.3 is 0 Å². The van der Waals surface area contributed by atoms with E-state index in [2.05, 4.69) is 13.8 Å². The molecule has 1 saturated carbocycles. The molecule has 0 spiro atoms. The number of rotatable bonds is 6. The number of nitrogens with zero attached hydrogens (tertiary/aromatic N) is 1. The molecule has 0 aromatic rings. The largest absolute Gasteiger partial charge is 0.340 e. The molecule has 88 valence electrons. The van der Waals surface area contributed by atoms with Gasteiger partial charge < -0.3 is 10.6 Å². The van der Waals surface area contributed by atoms with Gasteiger partial charge in [0, 0.05) is 19.1 Å². The van der Waals surface area contributed by atoms with Crippen LogP contribution in [0.2, 0.25) is 0 Å². The van der Waals surface area contributed by atoms with Gasteiger partial charge in [-0.3, -0.25) is 4.79 Å². The number of nitrogens with two attached hydrogens (primary N) is 1. The van der Waals surface area contributed by atoms with Crippen molar-refractivity contribution in [3.63, 3.8) is 0 Å². The summed E-state index contributed by atoms with van der Waals surface area (Å²) in [5.41, 5.74) is 5.62. The van der Waals surface area contributed by atoms with Gasteiger partial charge in [-0.05, 0) is 39.0 Å². The van der Waals surface area contributed by atoms with Crippen LogP contribution in [0.5, 0.6) is 0 Å². The third-order valence-corrected chi connectivity index (χ3v) is 3.18. The molecule has 1 atom stereocenters. The van der Waals surface area contributed by atoms with E-state index in [1.54, 1.807) is 0 Å². The van der Waals surface area contributed by atoms with Crippen LogP contribution in [0.3, 0.4) is 0 Å². The van der Waals surface area contributed by atoms with Gasteiger partial charge in [-0.25, -0.2) is 0 Å². The number of carbonyl (C=O) groups is 1. The van der Waals surface area contributed by atoms with Crippen LogP contribution < -0.4 is 5.73 Å². The first-order valence-electron chi connectivity index (χ1n) is 6.10. The maximum absolute atomic E-state index is 12.2. The van der Waals surface area contributed by atoms with E-state index in [-0.39, 0.29) is 11.8 Å². The molecule has 0 aliphatic heterocycles. The summed E-state index contributed by atoms with van der Waals surface area (Å²) in [6, 6.07) is 0.304. The summed E-state index contributed by atoms with van der Waals surface area (Å²) in [6.45, 7) is 7.62. The SMILES string of the molecule is CCC(CN)C(=O)N(CC1CC1)C(C)C. The first kappa shape index (κ1) is 12.5. The second kappa shape index (κ2) is 5.50. The van der Waals surface area contributed by atoms with Crippen molar-refractivity contribution in [3.05, 3.63) is 0 Å². The topological polar surface area (TPSA) is 46.3 Å². The average molecular weight is 212 g/mol. The molecule has 1 fully saturated rings. The van der Waals surface area contributed by atoms with Gasteiger partial charge in [0.2, 0.25) is 5.91 Å². The zero-order valence-electron chi connectivity index (χ0n) is 10.2. The second-order valence-electron chi connectivity index (χ2n) is 4.87. The van der Waals surface area contributed by atoms with Gasteiger partial charge in [-0.2, -0.15) is 0 Å². The molecule has 1 aliphatic rings. The van der Waals surface area contributed by atoms with Gasteiger partial charge in [-0.15, -0.1) is 0 Å². The van der Waals surface area contributed by atoms with E-state index < -0.39 is 0 Å². The number of hydrogen-bond donors (Lipinski definition) is 1. The Balaban J connectivity index is 2.56. The van der Waals surface area contributed by atoms with Crippen LogP contribution in [0.4, 0.5) is 0 Å². The Bertz CT molecular complexity index is 208. The molecule has 0 radical (unpaired) electrons. The number of amides is 1. The highest BCUT2D eigenvalue weighted by Gasteiger charge is 2.30. The minimum absolute atomic E-state index is 0.0196. The average Bonchev–Trinajstić information content (AvgIpc) is 2.99. The third-order valence-electron chi connectivity index (χ3n) is 3.18. The van der Waals surface area contributed by atoms with Crippen molar-refractivity contribution in [1.29, 1.82) is 0 Å². The highest BCUT2D eigenvalue weighted by molar-refractivity contribution is 5.79. The van der Waals surface area contributed by atoms with Gasteiger partial charge in [0.05, 0.1) is 5.92 Å². The van der Waals surface area contributed by atoms with E-state index in [1.165, 1.54) is 12.8 Å². The summed E-state index contributed by atoms with van der Waals surface area (Å²) < 4.78 is 0. The molecule has 0 aromatic heterocycles. The number of carbonyl (C=O) groups excluding carboxylic acids is 1. The van der Waals surface area contributed by atoms with Gasteiger partial charge in [0.15, 0.2) is 0 Å². The van der Waals surface area contributed by atoms with Gasteiger partial charge in [0.1, 0.15) is 0 Å². The Labute approximate surface area is 93.0 Å². The molecule has 0 saturated heterocycles. The van der Waals surface area contributed by atoms with E-state index in [0.717, 1.165) is 18.9 Å². The highest BCUT2D eigenvalue weighted by atomic mass is 16.2. The van der Waals surface area contributed by atoms with Gasteiger partial charge in [0.25, 0.3) is 0 Å². The molecule has 0 aromatic carbocycles. The molecular formula is C12H24N2O. The summed E-state index contributed by atoms with van der Waals surface area (Å²) in [5.74, 6) is 1.03. The van der Waals surface area contributed by atoms with E-state index in [4.69, 9.17) is 5.73 Å². The summed E-state index contributed by atoms with van der Waals surface area (Å²) in [4.78, 5) is 14.2. The van der Waals surface area contributed by atoms with E-state index >= 15 is 0 Å². The monoisotopic (exact) mass is 212 g/mol. The molecule has 3 heteroatoms. The van der Waals surface area contributed by atoms with Crippen LogP contribution in [0.15, 0.2) is 0 Å². The summed E-state index contributed by atoms with van der Waals surface area (Å²) in [6.07, 6.45) is 3.43. The maximum Gasteiger partial charge on any atom is 0.227 e. The predicted molar refractivity (Wildman–Crippen MR) is 62.4 cm³/mol. The van der Waals surface area contributed by atoms with Crippen LogP contribution in [0.25, 0.3) is 0 Å². The zero-order chi connectivity index (χ0) is 11.4. The molecule has 2 N–H and O–H groups in total. The van der Waals surface area contributed by atoms with Crippen molar-refractivity contribution in [3.8, 4) is 0 Å². The predicted octanol–water partition coefficient (Wildman–Crippen LogP) is 1.62. The van der Waals surface area contributed by atoms with Crippen LogP contribution >= 0.6 is 0 Å². The molecule has 1 amide bonds. The fourth-order valence-electron chi connectivity index (χ4n) is 1.81. The normalized spacial score (nSPS) is 17.9. The van der Waals surface area contributed by atoms with E-state index in [0.29, 0.717) is 12.6 Å². The van der Waals surface area contributed by atoms with Gasteiger partial charge in [-0.1, -0.05) is 6.92 Å². The Morgan fingerprint density at radius 1 is 1.47 bits per heavy atom. The molecule has 1 rings (SSSR count). The van der Waals surface area contributed by atoms with Crippen molar-refractivity contribution >= 4 is 5.91 Å². The summed E-state index contributed by atoms with van der Waals surface area (Å²) in [5, 5.41) is 0. The Hall–Kier alpha value is -0.570. The molecule has 15 heavy (non-hydrogen) atoms. The van der Waals surface area contributed by atoms with Crippen molar-refractivity contribution < 1.29 is 4.79 Å². The highest BCUT2D eigenvalue weighted by Crippen LogP contribution is 2.30. The summed E-state index contributed by atoms with van der Waals surface area (Å²) >= 11 is 0.